The van der Waals surface area contributed by atoms with Crippen LogP contribution >= 0.6 is 0 Å². The van der Waals surface area contributed by atoms with Crippen molar-refractivity contribution < 1.29 is 4.79 Å². The Morgan fingerprint density at radius 3 is 2.80 bits per heavy atom. The molecular weight excluding hydrogens is 324 g/mol. The molecule has 3 aromatic rings. The number of benzene rings is 1. The predicted molar refractivity (Wildman–Crippen MR) is 86.0 cm³/mol. The van der Waals surface area contributed by atoms with Gasteiger partial charge in [0.2, 0.25) is 5.95 Å². The van der Waals surface area contributed by atoms with Crippen LogP contribution in [0.4, 0.5) is 5.95 Å². The van der Waals surface area contributed by atoms with Crippen molar-refractivity contribution >= 4 is 11.9 Å². The van der Waals surface area contributed by atoms with E-state index in [2.05, 4.69) is 25.9 Å². The van der Waals surface area contributed by atoms with Gasteiger partial charge in [-0.3, -0.25) is 14.9 Å². The SMILES string of the molecule is Cc1cc(C(=O)Nc2nnnn2C)c(=O)n(-c2cccc(C#N)c2)n1. The number of hydrogen-bond donors (Lipinski definition) is 1. The monoisotopic (exact) mass is 336 g/mol. The summed E-state index contributed by atoms with van der Waals surface area (Å²) in [5, 5.41) is 26.3. The van der Waals surface area contributed by atoms with Crippen LogP contribution in [0.3, 0.4) is 0 Å². The molecule has 1 amide bonds. The number of carbonyl (C=O) groups excluding carboxylic acids is 1. The molecule has 0 bridgehead atoms. The van der Waals surface area contributed by atoms with E-state index >= 15 is 0 Å². The lowest BCUT2D eigenvalue weighted by Gasteiger charge is -2.09. The molecule has 10 nitrogen and oxygen atoms in total. The van der Waals surface area contributed by atoms with Crippen LogP contribution in [-0.4, -0.2) is 35.9 Å². The number of rotatable bonds is 3. The lowest BCUT2D eigenvalue weighted by molar-refractivity contribution is 0.102. The van der Waals surface area contributed by atoms with Gasteiger partial charge in [-0.1, -0.05) is 11.2 Å². The highest BCUT2D eigenvalue weighted by Gasteiger charge is 2.17. The maximum atomic E-state index is 12.7. The predicted octanol–water partition coefficient (Wildman–Crippen LogP) is 0.188. The van der Waals surface area contributed by atoms with E-state index in [1.165, 1.54) is 16.8 Å². The van der Waals surface area contributed by atoms with Gasteiger partial charge in [-0.05, 0) is 41.6 Å². The van der Waals surface area contributed by atoms with Crippen molar-refractivity contribution in [3.05, 3.63) is 57.5 Å². The molecule has 0 saturated carbocycles. The number of carbonyl (C=O) groups is 1. The van der Waals surface area contributed by atoms with Gasteiger partial charge in [-0.2, -0.15) is 15.0 Å². The molecule has 0 spiro atoms. The standard InChI is InChI=1S/C15H12N8O2/c1-9-6-12(13(24)17-15-18-20-21-22(15)2)14(25)23(19-9)11-5-3-4-10(7-11)8-16/h3-7H,1-2H3,(H,17,18,21,24). The van der Waals surface area contributed by atoms with Gasteiger partial charge in [0.05, 0.1) is 23.0 Å². The molecule has 124 valence electrons. The van der Waals surface area contributed by atoms with Crippen LogP contribution in [0.25, 0.3) is 5.69 Å². The number of anilines is 1. The zero-order valence-corrected chi connectivity index (χ0v) is 13.3. The maximum Gasteiger partial charge on any atom is 0.284 e. The highest BCUT2D eigenvalue weighted by Crippen LogP contribution is 2.09. The first-order valence-corrected chi connectivity index (χ1v) is 7.15. The van der Waals surface area contributed by atoms with Crippen LogP contribution in [0, 0.1) is 18.3 Å². The Morgan fingerprint density at radius 2 is 2.12 bits per heavy atom. The zero-order chi connectivity index (χ0) is 18.0. The van der Waals surface area contributed by atoms with Gasteiger partial charge in [-0.15, -0.1) is 0 Å². The van der Waals surface area contributed by atoms with Crippen molar-refractivity contribution in [3.8, 4) is 11.8 Å². The second-order valence-corrected chi connectivity index (χ2v) is 5.16. The van der Waals surface area contributed by atoms with Crippen molar-refractivity contribution in [1.82, 2.24) is 30.0 Å². The van der Waals surface area contributed by atoms with E-state index < -0.39 is 11.5 Å². The lowest BCUT2D eigenvalue weighted by atomic mass is 10.2. The molecule has 2 aromatic heterocycles. The highest BCUT2D eigenvalue weighted by atomic mass is 16.2. The minimum atomic E-state index is -0.654. The Labute approximate surface area is 141 Å². The van der Waals surface area contributed by atoms with Gasteiger partial charge in [0.1, 0.15) is 5.56 Å². The van der Waals surface area contributed by atoms with Crippen LogP contribution in [0.5, 0.6) is 0 Å². The fourth-order valence-corrected chi connectivity index (χ4v) is 2.17. The molecule has 0 fully saturated rings. The van der Waals surface area contributed by atoms with Crippen LogP contribution in [0.1, 0.15) is 21.6 Å². The molecule has 1 N–H and O–H groups in total. The lowest BCUT2D eigenvalue weighted by Crippen LogP contribution is -2.31. The molecule has 0 atom stereocenters. The molecule has 2 heterocycles. The second kappa shape index (κ2) is 6.32. The summed E-state index contributed by atoms with van der Waals surface area (Å²) in [6, 6.07) is 9.77. The minimum absolute atomic E-state index is 0.108. The molecule has 10 heteroatoms. The third-order valence-electron chi connectivity index (χ3n) is 3.34. The van der Waals surface area contributed by atoms with E-state index in [0.717, 1.165) is 4.68 Å². The van der Waals surface area contributed by atoms with Crippen molar-refractivity contribution in [3.63, 3.8) is 0 Å². The Balaban J connectivity index is 2.06. The number of tetrazole rings is 1. The van der Waals surface area contributed by atoms with E-state index in [-0.39, 0.29) is 11.5 Å². The van der Waals surface area contributed by atoms with Gasteiger partial charge in [0.15, 0.2) is 0 Å². The molecule has 0 aliphatic carbocycles. The summed E-state index contributed by atoms with van der Waals surface area (Å²) in [4.78, 5) is 25.1. The van der Waals surface area contributed by atoms with Gasteiger partial charge < -0.3 is 0 Å². The number of hydrogen-bond acceptors (Lipinski definition) is 7. The smallest absolute Gasteiger partial charge is 0.284 e. The average molecular weight is 336 g/mol. The van der Waals surface area contributed by atoms with E-state index in [9.17, 15) is 9.59 Å². The zero-order valence-electron chi connectivity index (χ0n) is 13.3. The van der Waals surface area contributed by atoms with Crippen LogP contribution in [-0.2, 0) is 7.05 Å². The van der Waals surface area contributed by atoms with Crippen molar-refractivity contribution in [1.29, 1.82) is 5.26 Å². The molecule has 0 saturated heterocycles. The van der Waals surface area contributed by atoms with E-state index in [1.54, 1.807) is 32.2 Å². The first kappa shape index (κ1) is 16.0. The maximum absolute atomic E-state index is 12.7. The van der Waals surface area contributed by atoms with Crippen LogP contribution in [0.2, 0.25) is 0 Å². The topological polar surface area (TPSA) is 131 Å². The third kappa shape index (κ3) is 3.11. The van der Waals surface area contributed by atoms with Gasteiger partial charge >= 0.3 is 0 Å². The normalized spacial score (nSPS) is 10.3. The number of aryl methyl sites for hydroxylation is 2. The molecule has 3 rings (SSSR count). The molecule has 0 aliphatic rings. The summed E-state index contributed by atoms with van der Waals surface area (Å²) in [6.45, 7) is 1.66. The number of nitrogens with zero attached hydrogens (tertiary/aromatic N) is 7. The molecular formula is C15H12N8O2. The quantitative estimate of drug-likeness (QED) is 0.722. The van der Waals surface area contributed by atoms with Gasteiger partial charge in [0, 0.05) is 7.05 Å². The summed E-state index contributed by atoms with van der Waals surface area (Å²) < 4.78 is 2.35. The van der Waals surface area contributed by atoms with Crippen LogP contribution in [0.15, 0.2) is 35.1 Å². The summed E-state index contributed by atoms with van der Waals surface area (Å²) >= 11 is 0. The van der Waals surface area contributed by atoms with Gasteiger partial charge in [0.25, 0.3) is 11.5 Å². The minimum Gasteiger partial charge on any atom is -0.289 e. The Kier molecular flexibility index (Phi) is 4.05. The molecule has 0 unspecified atom stereocenters. The summed E-state index contributed by atoms with van der Waals surface area (Å²) in [5.41, 5.74) is 0.500. The van der Waals surface area contributed by atoms with E-state index in [1.807, 2.05) is 6.07 Å². The Hall–Kier alpha value is -3.87. The molecule has 0 radical (unpaired) electrons. The number of nitrogens with one attached hydrogen (secondary N) is 1. The van der Waals surface area contributed by atoms with Crippen molar-refractivity contribution in [2.75, 3.05) is 5.32 Å². The first-order chi connectivity index (χ1) is 12.0. The number of nitriles is 1. The Bertz CT molecular complexity index is 1060. The third-order valence-corrected chi connectivity index (χ3v) is 3.34. The number of amides is 1. The van der Waals surface area contributed by atoms with Gasteiger partial charge in [-0.25, -0.2) is 4.68 Å². The summed E-state index contributed by atoms with van der Waals surface area (Å²) in [6.07, 6.45) is 0. The summed E-state index contributed by atoms with van der Waals surface area (Å²) in [7, 11) is 1.55. The fraction of sp³-hybridized carbons (Fsp3) is 0.133. The number of aromatic nitrogens is 6. The average Bonchev–Trinajstić information content (AvgIpc) is 3.01. The molecule has 0 aliphatic heterocycles. The summed E-state index contributed by atoms with van der Waals surface area (Å²) in [5.74, 6) is -0.546. The highest BCUT2D eigenvalue weighted by molar-refractivity contribution is 6.03. The molecule has 1 aromatic carbocycles. The van der Waals surface area contributed by atoms with Crippen molar-refractivity contribution in [2.24, 2.45) is 7.05 Å². The first-order valence-electron chi connectivity index (χ1n) is 7.15. The van der Waals surface area contributed by atoms with Crippen LogP contribution < -0.4 is 10.9 Å². The van der Waals surface area contributed by atoms with E-state index in [4.69, 9.17) is 5.26 Å². The largest absolute Gasteiger partial charge is 0.289 e. The van der Waals surface area contributed by atoms with E-state index in [0.29, 0.717) is 16.9 Å². The second-order valence-electron chi connectivity index (χ2n) is 5.16. The van der Waals surface area contributed by atoms with Crippen molar-refractivity contribution in [2.45, 2.75) is 6.92 Å². The fourth-order valence-electron chi connectivity index (χ4n) is 2.17. The Morgan fingerprint density at radius 1 is 1.32 bits per heavy atom. The molecule has 25 heavy (non-hydrogen) atoms.